The molecule has 14 heavy (non-hydrogen) atoms. The summed E-state index contributed by atoms with van der Waals surface area (Å²) in [6, 6.07) is 0.655. The topological polar surface area (TPSA) is 12.0 Å². The molecule has 0 fully saturated rings. The average Bonchev–Trinajstić information content (AvgIpc) is 2.03. The van der Waals surface area contributed by atoms with Crippen molar-refractivity contribution in [3.63, 3.8) is 0 Å². The van der Waals surface area contributed by atoms with Crippen molar-refractivity contribution in [2.24, 2.45) is 5.92 Å². The normalized spacial score (nSPS) is 18.2. The number of thioether (sulfide) groups is 1. The van der Waals surface area contributed by atoms with Gasteiger partial charge in [-0.15, -0.1) is 0 Å². The van der Waals surface area contributed by atoms with Crippen LogP contribution in [0.4, 0.5) is 0 Å². The zero-order valence-corrected chi connectivity index (χ0v) is 11.4. The summed E-state index contributed by atoms with van der Waals surface area (Å²) in [5.41, 5.74) is 0. The monoisotopic (exact) mass is 217 g/mol. The third-order valence-electron chi connectivity index (χ3n) is 2.62. The molecule has 0 saturated heterocycles. The molecule has 0 aromatic rings. The second-order valence-electron chi connectivity index (χ2n) is 4.59. The third kappa shape index (κ3) is 6.72. The predicted octanol–water partition coefficient (Wildman–Crippen LogP) is 3.54. The summed E-state index contributed by atoms with van der Waals surface area (Å²) in [6.07, 6.45) is 1.27. The maximum absolute atomic E-state index is 3.47. The largest absolute Gasteiger partial charge is 0.314 e. The molecular formula is C12H27NS. The Morgan fingerprint density at radius 2 is 1.64 bits per heavy atom. The number of hydrogen-bond acceptors (Lipinski definition) is 2. The summed E-state index contributed by atoms with van der Waals surface area (Å²) in [5.74, 6) is 0.789. The fourth-order valence-corrected chi connectivity index (χ4v) is 2.96. The van der Waals surface area contributed by atoms with Crippen molar-refractivity contribution in [1.29, 1.82) is 0 Å². The van der Waals surface area contributed by atoms with Crippen molar-refractivity contribution in [2.45, 2.75) is 64.5 Å². The first-order valence-corrected chi connectivity index (χ1v) is 6.80. The highest BCUT2D eigenvalue weighted by Crippen LogP contribution is 2.25. The van der Waals surface area contributed by atoms with Gasteiger partial charge in [0, 0.05) is 16.5 Å². The Morgan fingerprint density at radius 3 is 2.07 bits per heavy atom. The standard InChI is InChI=1S/C12H27NS/c1-7-13-10(4)8-11(5)14-12(6)9(2)3/h9-13H,7-8H2,1-6H3. The van der Waals surface area contributed by atoms with Crippen LogP contribution in [0.3, 0.4) is 0 Å². The van der Waals surface area contributed by atoms with E-state index in [9.17, 15) is 0 Å². The highest BCUT2D eigenvalue weighted by Gasteiger charge is 2.14. The van der Waals surface area contributed by atoms with E-state index in [0.717, 1.165) is 23.0 Å². The molecule has 0 aliphatic carbocycles. The second kappa shape index (κ2) is 7.58. The summed E-state index contributed by atoms with van der Waals surface area (Å²) in [4.78, 5) is 0. The van der Waals surface area contributed by atoms with Crippen molar-refractivity contribution in [2.75, 3.05) is 6.54 Å². The van der Waals surface area contributed by atoms with Gasteiger partial charge in [-0.3, -0.25) is 0 Å². The van der Waals surface area contributed by atoms with Gasteiger partial charge in [-0.25, -0.2) is 0 Å². The zero-order valence-electron chi connectivity index (χ0n) is 10.6. The van der Waals surface area contributed by atoms with Gasteiger partial charge in [0.2, 0.25) is 0 Å². The molecule has 1 nitrogen and oxygen atoms in total. The highest BCUT2D eigenvalue weighted by atomic mass is 32.2. The van der Waals surface area contributed by atoms with Crippen molar-refractivity contribution in [3.05, 3.63) is 0 Å². The maximum atomic E-state index is 3.47. The summed E-state index contributed by atoms with van der Waals surface area (Å²) >= 11 is 2.12. The minimum absolute atomic E-state index is 0.655. The molecule has 86 valence electrons. The first-order chi connectivity index (χ1) is 6.47. The van der Waals surface area contributed by atoms with Gasteiger partial charge in [0.05, 0.1) is 0 Å². The lowest BCUT2D eigenvalue weighted by atomic mass is 10.1. The van der Waals surface area contributed by atoms with Gasteiger partial charge in [0.1, 0.15) is 0 Å². The molecular weight excluding hydrogens is 190 g/mol. The summed E-state index contributed by atoms with van der Waals surface area (Å²) in [6.45, 7) is 14.8. The van der Waals surface area contributed by atoms with Gasteiger partial charge in [0.15, 0.2) is 0 Å². The zero-order chi connectivity index (χ0) is 11.1. The van der Waals surface area contributed by atoms with Crippen LogP contribution in [-0.2, 0) is 0 Å². The van der Waals surface area contributed by atoms with E-state index in [2.05, 4.69) is 58.6 Å². The minimum Gasteiger partial charge on any atom is -0.314 e. The minimum atomic E-state index is 0.655. The van der Waals surface area contributed by atoms with Gasteiger partial charge < -0.3 is 5.32 Å². The molecule has 0 heterocycles. The maximum Gasteiger partial charge on any atom is 0.00490 e. The number of rotatable bonds is 7. The van der Waals surface area contributed by atoms with Crippen molar-refractivity contribution in [1.82, 2.24) is 5.32 Å². The molecule has 0 rings (SSSR count). The van der Waals surface area contributed by atoms with E-state index in [1.54, 1.807) is 0 Å². The van der Waals surface area contributed by atoms with Crippen molar-refractivity contribution >= 4 is 11.8 Å². The van der Waals surface area contributed by atoms with Crippen molar-refractivity contribution in [3.8, 4) is 0 Å². The van der Waals surface area contributed by atoms with E-state index < -0.39 is 0 Å². The molecule has 0 radical (unpaired) electrons. The van der Waals surface area contributed by atoms with Crippen LogP contribution in [-0.4, -0.2) is 23.1 Å². The molecule has 0 aromatic heterocycles. The SMILES string of the molecule is CCNC(C)CC(C)SC(C)C(C)C. The fraction of sp³-hybridized carbons (Fsp3) is 1.00. The molecule has 0 aliphatic rings. The quantitative estimate of drug-likeness (QED) is 0.700. The predicted molar refractivity (Wildman–Crippen MR) is 69.1 cm³/mol. The Bertz CT molecular complexity index is 136. The van der Waals surface area contributed by atoms with E-state index in [1.807, 2.05) is 0 Å². The van der Waals surface area contributed by atoms with E-state index in [-0.39, 0.29) is 0 Å². The Balaban J connectivity index is 3.68. The molecule has 3 unspecified atom stereocenters. The molecule has 1 N–H and O–H groups in total. The second-order valence-corrected chi connectivity index (χ2v) is 6.41. The lowest BCUT2D eigenvalue weighted by Gasteiger charge is -2.22. The Hall–Kier alpha value is 0.310. The molecule has 0 spiro atoms. The highest BCUT2D eigenvalue weighted by molar-refractivity contribution is 8.00. The van der Waals surface area contributed by atoms with Gasteiger partial charge >= 0.3 is 0 Å². The van der Waals surface area contributed by atoms with Gasteiger partial charge in [-0.05, 0) is 25.8 Å². The Kier molecular flexibility index (Phi) is 7.75. The lowest BCUT2D eigenvalue weighted by molar-refractivity contribution is 0.527. The van der Waals surface area contributed by atoms with Crippen molar-refractivity contribution < 1.29 is 0 Å². The molecule has 0 bridgehead atoms. The van der Waals surface area contributed by atoms with Gasteiger partial charge in [0.25, 0.3) is 0 Å². The fourth-order valence-electron chi connectivity index (χ4n) is 1.51. The van der Waals surface area contributed by atoms with Crippen LogP contribution in [0.5, 0.6) is 0 Å². The molecule has 0 amide bonds. The van der Waals surface area contributed by atoms with Crippen LogP contribution in [0, 0.1) is 5.92 Å². The van der Waals surface area contributed by atoms with Gasteiger partial charge in [-0.2, -0.15) is 11.8 Å². The third-order valence-corrected chi connectivity index (χ3v) is 4.25. The van der Waals surface area contributed by atoms with Crippen LogP contribution in [0.25, 0.3) is 0 Å². The summed E-state index contributed by atoms with van der Waals surface area (Å²) in [7, 11) is 0. The van der Waals surface area contributed by atoms with Crippen LogP contribution in [0.15, 0.2) is 0 Å². The number of nitrogens with one attached hydrogen (secondary N) is 1. The van der Waals surface area contributed by atoms with Crippen LogP contribution >= 0.6 is 11.8 Å². The Labute approximate surface area is 94.4 Å². The molecule has 2 heteroatoms. The van der Waals surface area contributed by atoms with Gasteiger partial charge in [-0.1, -0.05) is 34.6 Å². The number of hydrogen-bond donors (Lipinski definition) is 1. The van der Waals surface area contributed by atoms with E-state index in [4.69, 9.17) is 0 Å². The molecule has 0 saturated carbocycles. The molecule has 0 aromatic carbocycles. The van der Waals surface area contributed by atoms with E-state index in [0.29, 0.717) is 6.04 Å². The molecule has 3 atom stereocenters. The lowest BCUT2D eigenvalue weighted by Crippen LogP contribution is -2.28. The van der Waals surface area contributed by atoms with Crippen LogP contribution < -0.4 is 5.32 Å². The first kappa shape index (κ1) is 14.3. The van der Waals surface area contributed by atoms with Crippen LogP contribution in [0.2, 0.25) is 0 Å². The molecule has 0 aliphatic heterocycles. The Morgan fingerprint density at radius 1 is 1.07 bits per heavy atom. The van der Waals surface area contributed by atoms with Crippen LogP contribution in [0.1, 0.15) is 48.0 Å². The average molecular weight is 217 g/mol. The van der Waals surface area contributed by atoms with E-state index >= 15 is 0 Å². The smallest absolute Gasteiger partial charge is 0.00490 e. The van der Waals surface area contributed by atoms with E-state index in [1.165, 1.54) is 6.42 Å². The summed E-state index contributed by atoms with van der Waals surface area (Å²) in [5, 5.41) is 5.01. The summed E-state index contributed by atoms with van der Waals surface area (Å²) < 4.78 is 0. The first-order valence-electron chi connectivity index (χ1n) is 5.86.